The average molecular weight is 498 g/mol. The lowest BCUT2D eigenvalue weighted by atomic mass is 9.59. The van der Waals surface area contributed by atoms with Gasteiger partial charge >= 0.3 is 0 Å². The van der Waals surface area contributed by atoms with Crippen LogP contribution in [0.2, 0.25) is 0 Å². The first-order valence-electron chi connectivity index (χ1n) is 12.5. The Morgan fingerprint density at radius 1 is 1.14 bits per heavy atom. The van der Waals surface area contributed by atoms with E-state index in [1.807, 2.05) is 30.3 Å². The molecule has 2 bridgehead atoms. The summed E-state index contributed by atoms with van der Waals surface area (Å²) in [5.74, 6) is -2.28. The van der Waals surface area contributed by atoms with Crippen molar-refractivity contribution in [1.29, 1.82) is 5.41 Å². The number of rotatable bonds is 7. The quantitative estimate of drug-likeness (QED) is 0.158. The lowest BCUT2D eigenvalue weighted by Crippen LogP contribution is -2.69. The predicted octanol–water partition coefficient (Wildman–Crippen LogP) is -0.999. The van der Waals surface area contributed by atoms with Gasteiger partial charge in [0.15, 0.2) is 11.7 Å². The van der Waals surface area contributed by atoms with E-state index in [1.54, 1.807) is 0 Å². The highest BCUT2D eigenvalue weighted by Crippen LogP contribution is 2.46. The number of amides is 3. The normalized spacial score (nSPS) is 32.1. The standard InChI is InChI=1S/C25H35N7O4/c26-21(34)17-13-25(16(22(35)30-17)8-4-10-29-24(27)28)9-5-11-32-14-18(20(25)33)31-23(36)19(32)12-15-6-2-1-3-7-15/h1-3,6-7,16-19H,4-5,8-14H2,(H2,26,34)(H,30,35)(H,31,36)(H4,27,28,29)/t16-,17+,18+,19+,25?/m0/s1. The van der Waals surface area contributed by atoms with E-state index in [4.69, 9.17) is 16.9 Å². The van der Waals surface area contributed by atoms with E-state index in [1.165, 1.54) is 0 Å². The number of hydrogen-bond acceptors (Lipinski definition) is 6. The Bertz CT molecular complexity index is 1030. The van der Waals surface area contributed by atoms with Gasteiger partial charge in [-0.3, -0.25) is 29.5 Å². The fraction of sp³-hybridized carbons (Fsp3) is 0.560. The molecule has 2 unspecified atom stereocenters. The molecule has 4 rings (SSSR count). The largest absolute Gasteiger partial charge is 0.370 e. The number of piperidine rings is 1. The fourth-order valence-corrected chi connectivity index (χ4v) is 6.10. The fourth-order valence-electron chi connectivity index (χ4n) is 6.10. The predicted molar refractivity (Wildman–Crippen MR) is 132 cm³/mol. The van der Waals surface area contributed by atoms with E-state index < -0.39 is 29.3 Å². The van der Waals surface area contributed by atoms with Gasteiger partial charge in [0.05, 0.1) is 12.0 Å². The highest BCUT2D eigenvalue weighted by atomic mass is 16.2. The van der Waals surface area contributed by atoms with Gasteiger partial charge in [-0.1, -0.05) is 30.3 Å². The third kappa shape index (κ3) is 5.20. The molecule has 8 N–H and O–H groups in total. The third-order valence-corrected chi connectivity index (χ3v) is 7.82. The Kier molecular flexibility index (Phi) is 7.58. The lowest BCUT2D eigenvalue weighted by molar-refractivity contribution is -0.155. The van der Waals surface area contributed by atoms with Crippen LogP contribution in [0.15, 0.2) is 30.3 Å². The first-order valence-corrected chi connectivity index (χ1v) is 12.5. The molecule has 3 amide bonds. The zero-order valence-electron chi connectivity index (χ0n) is 20.3. The van der Waals surface area contributed by atoms with E-state index in [0.717, 1.165) is 5.56 Å². The Labute approximate surface area is 210 Å². The number of fused-ring (bicyclic) bond motifs is 2. The molecule has 36 heavy (non-hydrogen) atoms. The van der Waals surface area contributed by atoms with Crippen LogP contribution < -0.4 is 27.4 Å². The summed E-state index contributed by atoms with van der Waals surface area (Å²) in [6.45, 7) is 1.36. The summed E-state index contributed by atoms with van der Waals surface area (Å²) in [5.41, 5.74) is 10.9. The summed E-state index contributed by atoms with van der Waals surface area (Å²) in [7, 11) is 0. The summed E-state index contributed by atoms with van der Waals surface area (Å²) in [6.07, 6.45) is 2.60. The molecule has 194 valence electrons. The number of nitrogens with two attached hydrogens (primary N) is 2. The number of ketones is 1. The second-order valence-electron chi connectivity index (χ2n) is 10.1. The van der Waals surface area contributed by atoms with Gasteiger partial charge < -0.3 is 27.4 Å². The third-order valence-electron chi connectivity index (χ3n) is 7.82. The monoisotopic (exact) mass is 497 g/mol. The number of guanidine groups is 1. The molecule has 1 aromatic rings. The van der Waals surface area contributed by atoms with Crippen molar-refractivity contribution in [2.45, 2.75) is 56.7 Å². The molecule has 3 heterocycles. The first-order chi connectivity index (χ1) is 17.2. The van der Waals surface area contributed by atoms with Crippen LogP contribution in [0.25, 0.3) is 0 Å². The number of carbonyl (C=O) groups excluding carboxylic acids is 4. The highest BCUT2D eigenvalue weighted by Gasteiger charge is 2.57. The number of Topliss-reactive ketones (excluding diaryl/α,β-unsaturated/α-hetero) is 1. The van der Waals surface area contributed by atoms with Crippen molar-refractivity contribution in [3.8, 4) is 0 Å². The number of hydrogen-bond donors (Lipinski definition) is 6. The minimum absolute atomic E-state index is 0.123. The van der Waals surface area contributed by atoms with Crippen molar-refractivity contribution < 1.29 is 19.2 Å². The molecule has 0 saturated carbocycles. The topological polar surface area (TPSA) is 184 Å². The number of nitrogens with zero attached hydrogens (tertiary/aromatic N) is 1. The summed E-state index contributed by atoms with van der Waals surface area (Å²) < 4.78 is 0. The van der Waals surface area contributed by atoms with Gasteiger partial charge in [0.2, 0.25) is 17.7 Å². The van der Waals surface area contributed by atoms with Crippen LogP contribution in [0.4, 0.5) is 0 Å². The van der Waals surface area contributed by atoms with Crippen molar-refractivity contribution in [1.82, 2.24) is 20.9 Å². The van der Waals surface area contributed by atoms with E-state index in [0.29, 0.717) is 51.7 Å². The summed E-state index contributed by atoms with van der Waals surface area (Å²) in [6, 6.07) is 7.72. The van der Waals surface area contributed by atoms with Crippen LogP contribution in [0.3, 0.4) is 0 Å². The molecule has 0 aromatic heterocycles. The smallest absolute Gasteiger partial charge is 0.240 e. The molecule has 0 radical (unpaired) electrons. The minimum Gasteiger partial charge on any atom is -0.370 e. The molecule has 11 heteroatoms. The van der Waals surface area contributed by atoms with Gasteiger partial charge in [-0.2, -0.15) is 0 Å². The van der Waals surface area contributed by atoms with Gasteiger partial charge in [-0.15, -0.1) is 0 Å². The van der Waals surface area contributed by atoms with E-state index in [9.17, 15) is 19.2 Å². The Hall–Kier alpha value is -3.47. The van der Waals surface area contributed by atoms with Crippen LogP contribution in [0, 0.1) is 16.7 Å². The van der Waals surface area contributed by atoms with Crippen LogP contribution in [-0.4, -0.2) is 72.1 Å². The van der Waals surface area contributed by atoms with Gasteiger partial charge in [0, 0.05) is 18.5 Å². The van der Waals surface area contributed by atoms with Crippen molar-refractivity contribution in [3.05, 3.63) is 35.9 Å². The molecule has 3 saturated heterocycles. The van der Waals surface area contributed by atoms with Crippen LogP contribution in [-0.2, 0) is 25.6 Å². The lowest BCUT2D eigenvalue weighted by Gasteiger charge is -2.50. The zero-order valence-corrected chi connectivity index (χ0v) is 20.3. The summed E-state index contributed by atoms with van der Waals surface area (Å²) in [4.78, 5) is 54.7. The SMILES string of the molecule is N=C(N)NCCC[C@H]1C(=O)N[C@@H](C(N)=O)CC12CCCN1C[C@@H](NC(=O)[C@H]1Cc1ccccc1)C2=O. The number of carbonyl (C=O) groups is 4. The molecular weight excluding hydrogens is 462 g/mol. The van der Waals surface area contributed by atoms with E-state index in [-0.39, 0.29) is 36.0 Å². The van der Waals surface area contributed by atoms with Crippen molar-refractivity contribution in [3.63, 3.8) is 0 Å². The molecule has 1 aromatic carbocycles. The number of benzene rings is 1. The van der Waals surface area contributed by atoms with E-state index in [2.05, 4.69) is 20.9 Å². The second kappa shape index (κ2) is 10.7. The minimum atomic E-state index is -1.10. The van der Waals surface area contributed by atoms with Crippen molar-refractivity contribution in [2.75, 3.05) is 19.6 Å². The Morgan fingerprint density at radius 3 is 2.58 bits per heavy atom. The maximum atomic E-state index is 14.1. The van der Waals surface area contributed by atoms with Crippen molar-refractivity contribution in [2.24, 2.45) is 22.8 Å². The Morgan fingerprint density at radius 2 is 1.89 bits per heavy atom. The Balaban J connectivity index is 1.57. The highest BCUT2D eigenvalue weighted by molar-refractivity contribution is 6.01. The average Bonchev–Trinajstić information content (AvgIpc) is 2.83. The van der Waals surface area contributed by atoms with Crippen molar-refractivity contribution >= 4 is 29.5 Å². The summed E-state index contributed by atoms with van der Waals surface area (Å²) in [5, 5.41) is 15.7. The van der Waals surface area contributed by atoms with Gasteiger partial charge in [0.25, 0.3) is 0 Å². The molecule has 3 aliphatic rings. The maximum absolute atomic E-state index is 14.1. The van der Waals surface area contributed by atoms with Crippen LogP contribution >= 0.6 is 0 Å². The molecule has 3 aliphatic heterocycles. The molecule has 0 aliphatic carbocycles. The van der Waals surface area contributed by atoms with E-state index >= 15 is 0 Å². The number of nitrogens with one attached hydrogen (secondary N) is 4. The molecule has 1 spiro atoms. The van der Waals surface area contributed by atoms with Crippen LogP contribution in [0.5, 0.6) is 0 Å². The number of piperazine rings is 1. The summed E-state index contributed by atoms with van der Waals surface area (Å²) >= 11 is 0. The maximum Gasteiger partial charge on any atom is 0.240 e. The number of primary amides is 1. The molecule has 11 nitrogen and oxygen atoms in total. The first kappa shape index (κ1) is 25.6. The zero-order chi connectivity index (χ0) is 25.9. The molecule has 6 atom stereocenters. The molecule has 3 fully saturated rings. The van der Waals surface area contributed by atoms with Crippen LogP contribution in [0.1, 0.15) is 37.7 Å². The van der Waals surface area contributed by atoms with Gasteiger partial charge in [-0.25, -0.2) is 0 Å². The van der Waals surface area contributed by atoms with Gasteiger partial charge in [0.1, 0.15) is 12.1 Å². The second-order valence-corrected chi connectivity index (χ2v) is 10.1. The van der Waals surface area contributed by atoms with Gasteiger partial charge in [-0.05, 0) is 50.6 Å². The molecular formula is C25H35N7O4.